The molecule has 0 bridgehead atoms. The van der Waals surface area contributed by atoms with E-state index >= 15 is 0 Å². The van der Waals surface area contributed by atoms with Gasteiger partial charge in [-0.05, 0) is 33.4 Å². The molecule has 0 heterocycles. The van der Waals surface area contributed by atoms with Gasteiger partial charge in [0.05, 0.1) is 5.75 Å². The molecule has 1 aliphatic rings. The van der Waals surface area contributed by atoms with Crippen LogP contribution in [0.15, 0.2) is 0 Å². The van der Waals surface area contributed by atoms with E-state index in [4.69, 9.17) is 5.14 Å². The third kappa shape index (κ3) is 5.76. The highest BCUT2D eigenvalue weighted by Crippen LogP contribution is 2.31. The van der Waals surface area contributed by atoms with Gasteiger partial charge in [-0.15, -0.1) is 0 Å². The zero-order valence-corrected chi connectivity index (χ0v) is 13.3. The molecule has 0 aliphatic heterocycles. The lowest BCUT2D eigenvalue weighted by molar-refractivity contribution is -0.121. The number of hydrogen-bond donors (Lipinski definition) is 2. The second kappa shape index (κ2) is 7.38. The molecule has 20 heavy (non-hydrogen) atoms. The van der Waals surface area contributed by atoms with Crippen molar-refractivity contribution < 1.29 is 13.2 Å². The van der Waals surface area contributed by atoms with Crippen LogP contribution in [0.4, 0.5) is 0 Å². The Morgan fingerprint density at radius 3 is 2.35 bits per heavy atom. The summed E-state index contributed by atoms with van der Waals surface area (Å²) in [5.41, 5.74) is 0.0495. The molecule has 0 radical (unpaired) electrons. The van der Waals surface area contributed by atoms with Crippen molar-refractivity contribution in [1.29, 1.82) is 0 Å². The van der Waals surface area contributed by atoms with Crippen molar-refractivity contribution in [2.45, 2.75) is 50.5 Å². The van der Waals surface area contributed by atoms with E-state index in [1.165, 1.54) is 19.3 Å². The fourth-order valence-electron chi connectivity index (χ4n) is 2.78. The van der Waals surface area contributed by atoms with Crippen molar-refractivity contribution in [3.63, 3.8) is 0 Å². The predicted molar refractivity (Wildman–Crippen MR) is 79.7 cm³/mol. The fourth-order valence-corrected chi connectivity index (χ4v) is 3.32. The summed E-state index contributed by atoms with van der Waals surface area (Å²) in [7, 11) is 0.639. The van der Waals surface area contributed by atoms with E-state index in [0.29, 0.717) is 6.54 Å². The topological polar surface area (TPSA) is 92.5 Å². The first kappa shape index (κ1) is 17.4. The minimum absolute atomic E-state index is 0.0495. The summed E-state index contributed by atoms with van der Waals surface area (Å²) in [6.07, 6.45) is 6.32. The summed E-state index contributed by atoms with van der Waals surface area (Å²) in [5, 5.41) is 7.85. The zero-order chi connectivity index (χ0) is 15.2. The van der Waals surface area contributed by atoms with Gasteiger partial charge in [-0.2, -0.15) is 0 Å². The molecular formula is C13H27N3O3S. The van der Waals surface area contributed by atoms with Crippen LogP contribution in [0, 0.1) is 0 Å². The second-order valence-electron chi connectivity index (χ2n) is 5.93. The lowest BCUT2D eigenvalue weighted by atomic mass is 9.80. The molecule has 1 aliphatic carbocycles. The molecule has 0 aromatic heterocycles. The lowest BCUT2D eigenvalue weighted by Crippen LogP contribution is -2.53. The molecular weight excluding hydrogens is 278 g/mol. The first-order chi connectivity index (χ1) is 9.25. The molecule has 0 atom stereocenters. The Labute approximate surface area is 122 Å². The third-order valence-corrected chi connectivity index (χ3v) is 5.04. The number of likely N-dealkylation sites (N-methyl/N-ethyl adjacent to an activating group) is 1. The number of carbonyl (C=O) groups is 1. The molecule has 0 aromatic rings. The van der Waals surface area contributed by atoms with Gasteiger partial charge in [0.25, 0.3) is 0 Å². The molecule has 7 heteroatoms. The normalized spacial score (nSPS) is 19.0. The SMILES string of the molecule is CN(C)C1(CNC(=O)CCCS(N)(=O)=O)CCCCC1. The molecule has 3 N–H and O–H groups in total. The summed E-state index contributed by atoms with van der Waals surface area (Å²) in [4.78, 5) is 14.0. The summed E-state index contributed by atoms with van der Waals surface area (Å²) < 4.78 is 21.6. The van der Waals surface area contributed by atoms with Gasteiger partial charge >= 0.3 is 0 Å². The van der Waals surface area contributed by atoms with Crippen LogP contribution in [-0.4, -0.2) is 51.2 Å². The van der Waals surface area contributed by atoms with Crippen molar-refractivity contribution >= 4 is 15.9 Å². The predicted octanol–water partition coefficient (Wildman–Crippen LogP) is 0.436. The lowest BCUT2D eigenvalue weighted by Gasteiger charge is -2.43. The Bertz CT molecular complexity index is 415. The number of nitrogens with two attached hydrogens (primary N) is 1. The molecule has 0 saturated heterocycles. The number of primary sulfonamides is 1. The van der Waals surface area contributed by atoms with Crippen molar-refractivity contribution in [3.05, 3.63) is 0 Å². The van der Waals surface area contributed by atoms with Gasteiger partial charge in [-0.3, -0.25) is 4.79 Å². The Hall–Kier alpha value is -0.660. The van der Waals surface area contributed by atoms with E-state index < -0.39 is 10.0 Å². The molecule has 6 nitrogen and oxygen atoms in total. The third-order valence-electron chi connectivity index (χ3n) is 4.18. The number of hydrogen-bond acceptors (Lipinski definition) is 4. The molecule has 1 amide bonds. The maximum absolute atomic E-state index is 11.8. The van der Waals surface area contributed by atoms with Crippen LogP contribution < -0.4 is 10.5 Å². The maximum atomic E-state index is 11.8. The average molecular weight is 305 g/mol. The van der Waals surface area contributed by atoms with Gasteiger partial charge in [0.1, 0.15) is 0 Å². The Morgan fingerprint density at radius 2 is 1.85 bits per heavy atom. The van der Waals surface area contributed by atoms with E-state index in [-0.39, 0.29) is 30.0 Å². The van der Waals surface area contributed by atoms with Crippen LogP contribution in [0.25, 0.3) is 0 Å². The van der Waals surface area contributed by atoms with E-state index in [9.17, 15) is 13.2 Å². The Morgan fingerprint density at radius 1 is 1.25 bits per heavy atom. The molecule has 0 spiro atoms. The summed E-state index contributed by atoms with van der Waals surface area (Å²) in [6.45, 7) is 0.633. The largest absolute Gasteiger partial charge is 0.354 e. The second-order valence-corrected chi connectivity index (χ2v) is 7.66. The van der Waals surface area contributed by atoms with E-state index in [2.05, 4.69) is 24.3 Å². The molecule has 118 valence electrons. The molecule has 0 unspecified atom stereocenters. The number of nitrogens with zero attached hydrogens (tertiary/aromatic N) is 1. The van der Waals surface area contributed by atoms with E-state index in [1.54, 1.807) is 0 Å². The smallest absolute Gasteiger partial charge is 0.220 e. The fraction of sp³-hybridized carbons (Fsp3) is 0.923. The minimum Gasteiger partial charge on any atom is -0.354 e. The van der Waals surface area contributed by atoms with Crippen LogP contribution in [0.3, 0.4) is 0 Å². The van der Waals surface area contributed by atoms with Crippen molar-refractivity contribution in [3.8, 4) is 0 Å². The highest BCUT2D eigenvalue weighted by atomic mass is 32.2. The van der Waals surface area contributed by atoms with E-state index in [0.717, 1.165) is 12.8 Å². The van der Waals surface area contributed by atoms with Crippen molar-refractivity contribution in [2.75, 3.05) is 26.4 Å². The number of amides is 1. The van der Waals surface area contributed by atoms with Crippen molar-refractivity contribution in [2.24, 2.45) is 5.14 Å². The quantitative estimate of drug-likeness (QED) is 0.713. The van der Waals surface area contributed by atoms with Gasteiger partial charge in [0.15, 0.2) is 0 Å². The Balaban J connectivity index is 2.38. The van der Waals surface area contributed by atoms with Crippen molar-refractivity contribution in [1.82, 2.24) is 10.2 Å². The van der Waals surface area contributed by atoms with Gasteiger partial charge in [0, 0.05) is 18.5 Å². The molecule has 1 rings (SSSR count). The van der Waals surface area contributed by atoms with Gasteiger partial charge in [-0.1, -0.05) is 19.3 Å². The van der Waals surface area contributed by atoms with Gasteiger partial charge in [-0.25, -0.2) is 13.6 Å². The van der Waals surface area contributed by atoms with E-state index in [1.807, 2.05) is 0 Å². The first-order valence-corrected chi connectivity index (χ1v) is 8.91. The minimum atomic E-state index is -3.47. The highest BCUT2D eigenvalue weighted by Gasteiger charge is 2.34. The number of carbonyl (C=O) groups excluding carboxylic acids is 1. The molecule has 0 aromatic carbocycles. The monoisotopic (exact) mass is 305 g/mol. The standard InChI is InChI=1S/C13H27N3O3S/c1-16(2)13(8-4-3-5-9-13)11-15-12(17)7-6-10-20(14,18)19/h3-11H2,1-2H3,(H,15,17)(H2,14,18,19). The molecule has 1 fully saturated rings. The summed E-state index contributed by atoms with van der Waals surface area (Å²) >= 11 is 0. The maximum Gasteiger partial charge on any atom is 0.220 e. The van der Waals surface area contributed by atoms with Crippen LogP contribution in [0.1, 0.15) is 44.9 Å². The number of nitrogens with one attached hydrogen (secondary N) is 1. The number of rotatable bonds is 7. The summed E-state index contributed by atoms with van der Waals surface area (Å²) in [5.74, 6) is -0.236. The van der Waals surface area contributed by atoms with Crippen LogP contribution in [0.5, 0.6) is 0 Å². The zero-order valence-electron chi connectivity index (χ0n) is 12.5. The first-order valence-electron chi connectivity index (χ1n) is 7.20. The Kier molecular flexibility index (Phi) is 6.42. The average Bonchev–Trinajstić information content (AvgIpc) is 2.36. The highest BCUT2D eigenvalue weighted by molar-refractivity contribution is 7.89. The van der Waals surface area contributed by atoms with Crippen LogP contribution in [-0.2, 0) is 14.8 Å². The molecule has 1 saturated carbocycles. The van der Waals surface area contributed by atoms with Crippen LogP contribution >= 0.6 is 0 Å². The summed E-state index contributed by atoms with van der Waals surface area (Å²) in [6, 6.07) is 0. The van der Waals surface area contributed by atoms with Gasteiger partial charge in [0.2, 0.25) is 15.9 Å². The number of sulfonamides is 1. The van der Waals surface area contributed by atoms with Crippen LogP contribution in [0.2, 0.25) is 0 Å². The van der Waals surface area contributed by atoms with Gasteiger partial charge < -0.3 is 10.2 Å².